The lowest BCUT2D eigenvalue weighted by Crippen LogP contribution is -2.49. The number of carbonyl (C=O) groups excluding carboxylic acids is 3. The molecule has 1 aliphatic heterocycles. The van der Waals surface area contributed by atoms with Crippen LogP contribution in [0.15, 0.2) is 42.5 Å². The van der Waals surface area contributed by atoms with Crippen molar-refractivity contribution >= 4 is 23.7 Å². The van der Waals surface area contributed by atoms with Gasteiger partial charge < -0.3 is 21.1 Å². The highest BCUT2D eigenvalue weighted by Gasteiger charge is 2.45. The highest BCUT2D eigenvalue weighted by Crippen LogP contribution is 2.45. The van der Waals surface area contributed by atoms with Gasteiger partial charge in [-0.15, -0.1) is 0 Å². The second-order valence-corrected chi connectivity index (χ2v) is 8.67. The number of fused-ring (bicyclic) bond motifs is 1. The third-order valence-electron chi connectivity index (χ3n) is 6.11. The molecule has 14 heteroatoms. The molecule has 3 amide bonds. The van der Waals surface area contributed by atoms with E-state index >= 15 is 0 Å². The van der Waals surface area contributed by atoms with E-state index < -0.39 is 83.6 Å². The van der Waals surface area contributed by atoms with Crippen LogP contribution in [0.2, 0.25) is 0 Å². The zero-order chi connectivity index (χ0) is 28.6. The van der Waals surface area contributed by atoms with Gasteiger partial charge in [-0.1, -0.05) is 18.2 Å². The van der Waals surface area contributed by atoms with Crippen LogP contribution in [0.5, 0.6) is 0 Å². The molecule has 8 nitrogen and oxygen atoms in total. The Balaban J connectivity index is 2.20. The fourth-order valence-electron chi connectivity index (χ4n) is 4.33. The largest absolute Gasteiger partial charge is 0.480 e. The first kappa shape index (κ1) is 28.5. The molecule has 3 unspecified atom stereocenters. The number of likely N-dealkylation sites (N-methyl/N-ethyl adjacent to an activating group) is 1. The lowest BCUT2D eigenvalue weighted by molar-refractivity contribution is -0.144. The summed E-state index contributed by atoms with van der Waals surface area (Å²) in [6.07, 6.45) is -11.2. The number of rotatable bonds is 7. The molecule has 0 aromatic heterocycles. The van der Waals surface area contributed by atoms with Gasteiger partial charge in [-0.25, -0.2) is 4.79 Å². The van der Waals surface area contributed by atoms with Crippen molar-refractivity contribution in [3.8, 4) is 0 Å². The first-order valence-corrected chi connectivity index (χ1v) is 11.0. The summed E-state index contributed by atoms with van der Waals surface area (Å²) >= 11 is 0. The molecule has 2 aromatic rings. The summed E-state index contributed by atoms with van der Waals surface area (Å²) in [5, 5.41) is 11.7. The zero-order valence-electron chi connectivity index (χ0n) is 19.6. The highest BCUT2D eigenvalue weighted by atomic mass is 19.4. The van der Waals surface area contributed by atoms with Gasteiger partial charge in [0.2, 0.25) is 11.8 Å². The van der Waals surface area contributed by atoms with Crippen LogP contribution in [0.25, 0.3) is 0 Å². The summed E-state index contributed by atoms with van der Waals surface area (Å²) in [6.45, 7) is 0. The van der Waals surface area contributed by atoms with Crippen molar-refractivity contribution in [2.24, 2.45) is 5.73 Å². The number of nitrogens with zero attached hydrogens (tertiary/aromatic N) is 1. The summed E-state index contributed by atoms with van der Waals surface area (Å²) in [5.74, 6) is -5.88. The van der Waals surface area contributed by atoms with Gasteiger partial charge in [-0.05, 0) is 41.8 Å². The van der Waals surface area contributed by atoms with E-state index in [1.54, 1.807) is 0 Å². The van der Waals surface area contributed by atoms with Crippen molar-refractivity contribution in [2.45, 2.75) is 43.2 Å². The average molecular weight is 545 g/mol. The number of hydrogen-bond donors (Lipinski definition) is 3. The van der Waals surface area contributed by atoms with Gasteiger partial charge in [0, 0.05) is 19.0 Å². The molecule has 38 heavy (non-hydrogen) atoms. The number of nitrogens with one attached hydrogen (secondary N) is 1. The van der Waals surface area contributed by atoms with Gasteiger partial charge in [0.1, 0.15) is 6.04 Å². The van der Waals surface area contributed by atoms with E-state index in [2.05, 4.69) is 5.32 Å². The topological polar surface area (TPSA) is 130 Å². The van der Waals surface area contributed by atoms with Crippen molar-refractivity contribution in [3.05, 3.63) is 70.3 Å². The second kappa shape index (κ2) is 10.3. The number of carbonyl (C=O) groups is 4. The smallest absolute Gasteiger partial charge is 0.416 e. The van der Waals surface area contributed by atoms with Gasteiger partial charge in [-0.2, -0.15) is 26.3 Å². The number of hydrogen-bond acceptors (Lipinski definition) is 4. The summed E-state index contributed by atoms with van der Waals surface area (Å²) in [7, 11) is 1.11. The van der Waals surface area contributed by atoms with Gasteiger partial charge >= 0.3 is 18.3 Å². The quantitative estimate of drug-likeness (QED) is 0.459. The molecule has 0 aliphatic carbocycles. The Morgan fingerprint density at radius 3 is 2.08 bits per heavy atom. The number of carboxylic acids is 1. The molecule has 2 aromatic carbocycles. The number of primary amides is 1. The Morgan fingerprint density at radius 1 is 1.03 bits per heavy atom. The van der Waals surface area contributed by atoms with E-state index in [9.17, 15) is 50.6 Å². The molecular formula is C24H21F6N3O5. The fourth-order valence-corrected chi connectivity index (χ4v) is 4.33. The molecule has 204 valence electrons. The van der Waals surface area contributed by atoms with Crippen LogP contribution in [0.3, 0.4) is 0 Å². The lowest BCUT2D eigenvalue weighted by atomic mass is 9.78. The van der Waals surface area contributed by atoms with Crippen LogP contribution in [0.4, 0.5) is 26.3 Å². The lowest BCUT2D eigenvalue weighted by Gasteiger charge is -2.40. The van der Waals surface area contributed by atoms with Crippen molar-refractivity contribution in [1.29, 1.82) is 0 Å². The van der Waals surface area contributed by atoms with Crippen molar-refractivity contribution in [3.63, 3.8) is 0 Å². The van der Waals surface area contributed by atoms with Crippen LogP contribution >= 0.6 is 0 Å². The van der Waals surface area contributed by atoms with Crippen molar-refractivity contribution in [2.75, 3.05) is 7.05 Å². The average Bonchev–Trinajstić information content (AvgIpc) is 2.81. The second-order valence-electron chi connectivity index (χ2n) is 8.67. The minimum atomic E-state index is -5.19. The molecule has 0 spiro atoms. The normalized spacial score (nSPS) is 18.5. The minimum absolute atomic E-state index is 0.0249. The van der Waals surface area contributed by atoms with E-state index in [1.165, 1.54) is 24.3 Å². The molecule has 3 atom stereocenters. The molecule has 0 fully saturated rings. The molecule has 1 heterocycles. The molecule has 3 rings (SSSR count). The van der Waals surface area contributed by atoms with Gasteiger partial charge in [0.05, 0.1) is 23.1 Å². The van der Waals surface area contributed by atoms with Crippen LogP contribution in [-0.2, 0) is 26.7 Å². The maximum absolute atomic E-state index is 13.6. The maximum atomic E-state index is 13.6. The van der Waals surface area contributed by atoms with Gasteiger partial charge in [-0.3, -0.25) is 14.4 Å². The number of amides is 3. The number of carboxylic acid groups (broad SMARTS) is 1. The van der Waals surface area contributed by atoms with Crippen LogP contribution in [0.1, 0.15) is 57.4 Å². The van der Waals surface area contributed by atoms with Crippen LogP contribution < -0.4 is 11.1 Å². The standard InChI is InChI=1S/C24H21F6N3O5/c1-33-19(11-8-12(23(25,26)27)10-13(9-11)24(28,29)30)18(14-4-2-3-5-15(14)21(33)36)20(35)32-16(22(37)38)6-7-17(31)34/h2-5,8-10,16,18-19H,6-7H2,1H3,(H2,31,34)(H,32,35)(H,37,38). The maximum Gasteiger partial charge on any atom is 0.416 e. The Kier molecular flexibility index (Phi) is 7.75. The third kappa shape index (κ3) is 5.89. The molecule has 0 saturated carbocycles. The molecular weight excluding hydrogens is 524 g/mol. The highest BCUT2D eigenvalue weighted by molar-refractivity contribution is 6.01. The van der Waals surface area contributed by atoms with Gasteiger partial charge in [0.15, 0.2) is 0 Å². The van der Waals surface area contributed by atoms with Crippen molar-refractivity contribution < 1.29 is 50.6 Å². The predicted octanol–water partition coefficient (Wildman–Crippen LogP) is 3.47. The van der Waals surface area contributed by atoms with E-state index in [4.69, 9.17) is 5.73 Å². The van der Waals surface area contributed by atoms with E-state index in [0.717, 1.165) is 11.9 Å². The van der Waals surface area contributed by atoms with Crippen LogP contribution in [-0.4, -0.2) is 46.8 Å². The zero-order valence-corrected chi connectivity index (χ0v) is 19.6. The number of halogens is 6. The van der Waals surface area contributed by atoms with E-state index in [0.29, 0.717) is 12.1 Å². The molecule has 4 N–H and O–H groups in total. The van der Waals surface area contributed by atoms with E-state index in [1.807, 2.05) is 0 Å². The Bertz CT molecular complexity index is 1240. The number of nitrogens with two attached hydrogens (primary N) is 1. The summed E-state index contributed by atoms with van der Waals surface area (Å²) in [5.41, 5.74) is 1.04. The van der Waals surface area contributed by atoms with Gasteiger partial charge in [0.25, 0.3) is 5.91 Å². The van der Waals surface area contributed by atoms with E-state index in [-0.39, 0.29) is 17.2 Å². The minimum Gasteiger partial charge on any atom is -0.480 e. The molecule has 0 radical (unpaired) electrons. The summed E-state index contributed by atoms with van der Waals surface area (Å²) in [6, 6.07) is 2.89. The Morgan fingerprint density at radius 2 is 1.58 bits per heavy atom. The molecule has 0 bridgehead atoms. The summed E-state index contributed by atoms with van der Waals surface area (Å²) < 4.78 is 81.3. The van der Waals surface area contributed by atoms with Crippen LogP contribution in [0, 0.1) is 0 Å². The Labute approximate surface area is 211 Å². The fraction of sp³-hybridized carbons (Fsp3) is 0.333. The van der Waals surface area contributed by atoms with Crippen molar-refractivity contribution in [1.82, 2.24) is 10.2 Å². The first-order chi connectivity index (χ1) is 17.5. The predicted molar refractivity (Wildman–Crippen MR) is 118 cm³/mol. The monoisotopic (exact) mass is 545 g/mol. The number of benzene rings is 2. The molecule has 1 aliphatic rings. The summed E-state index contributed by atoms with van der Waals surface area (Å²) in [4.78, 5) is 50.1. The molecule has 0 saturated heterocycles. The number of alkyl halides is 6. The number of aliphatic carboxylic acids is 1. The first-order valence-electron chi connectivity index (χ1n) is 11.0. The Hall–Kier alpha value is -4.10. The SMILES string of the molecule is CN1C(=O)c2ccccc2C(C(=O)NC(CCC(N)=O)C(=O)O)C1c1cc(C(F)(F)F)cc(C(F)(F)F)c1. The third-order valence-corrected chi connectivity index (χ3v) is 6.11.